The van der Waals surface area contributed by atoms with Crippen molar-refractivity contribution in [2.75, 3.05) is 0 Å². The Morgan fingerprint density at radius 2 is 0.772 bits per heavy atom. The van der Waals surface area contributed by atoms with Gasteiger partial charge in [0.2, 0.25) is 0 Å². The van der Waals surface area contributed by atoms with Gasteiger partial charge in [-0.25, -0.2) is 0 Å². The summed E-state index contributed by atoms with van der Waals surface area (Å²) in [6, 6.07) is 64.6. The van der Waals surface area contributed by atoms with Crippen LogP contribution in [0.3, 0.4) is 0 Å². The Hall–Kier alpha value is -8.37. The Morgan fingerprint density at radius 1 is 0.333 bits per heavy atom. The molecule has 0 bridgehead atoms. The summed E-state index contributed by atoms with van der Waals surface area (Å²) in [5, 5.41) is 38.0. The zero-order valence-electron chi connectivity index (χ0n) is 30.3. The molecule has 262 valence electrons. The summed E-state index contributed by atoms with van der Waals surface area (Å²) in [6.07, 6.45) is 0. The predicted molar refractivity (Wildman–Crippen MR) is 229 cm³/mol. The molecule has 0 atom stereocenters. The Bertz CT molecular complexity index is 3580. The third-order valence-electron chi connectivity index (χ3n) is 11.3. The molecule has 0 aliphatic rings. The fraction of sp³-hybridized carbons (Fsp3) is 0. The maximum Gasteiger partial charge on any atom is 0.101 e. The summed E-state index contributed by atoms with van der Waals surface area (Å²) >= 11 is 0. The van der Waals surface area contributed by atoms with Gasteiger partial charge >= 0.3 is 0 Å². The van der Waals surface area contributed by atoms with Gasteiger partial charge in [-0.3, -0.25) is 0 Å². The molecule has 0 amide bonds. The van der Waals surface area contributed by atoms with Crippen molar-refractivity contribution in [3.63, 3.8) is 0 Å². The molecule has 0 fully saturated rings. The van der Waals surface area contributed by atoms with Gasteiger partial charge in [-0.2, -0.15) is 15.8 Å². The van der Waals surface area contributed by atoms with Crippen LogP contribution < -0.4 is 0 Å². The van der Waals surface area contributed by atoms with Crippen LogP contribution in [0.2, 0.25) is 0 Å². The Morgan fingerprint density at radius 3 is 1.33 bits per heavy atom. The van der Waals surface area contributed by atoms with Crippen molar-refractivity contribution in [2.24, 2.45) is 0 Å². The molecule has 0 spiro atoms. The van der Waals surface area contributed by atoms with Crippen molar-refractivity contribution >= 4 is 65.4 Å². The first-order valence-corrected chi connectivity index (χ1v) is 18.7. The van der Waals surface area contributed by atoms with Gasteiger partial charge in [0.25, 0.3) is 0 Å². The molecule has 0 N–H and O–H groups in total. The first-order valence-electron chi connectivity index (χ1n) is 18.7. The highest BCUT2D eigenvalue weighted by molar-refractivity contribution is 6.16. The zero-order valence-corrected chi connectivity index (χ0v) is 30.3. The Labute approximate surface area is 326 Å². The van der Waals surface area contributed by atoms with E-state index in [-0.39, 0.29) is 0 Å². The predicted octanol–water partition coefficient (Wildman–Crippen LogP) is 12.3. The highest BCUT2D eigenvalue weighted by atomic mass is 15.1. The van der Waals surface area contributed by atoms with Gasteiger partial charge in [-0.15, -0.1) is 0 Å². The molecule has 3 heterocycles. The van der Waals surface area contributed by atoms with Crippen LogP contribution in [0, 0.1) is 34.0 Å². The fourth-order valence-corrected chi connectivity index (χ4v) is 9.06. The van der Waals surface area contributed by atoms with Crippen LogP contribution >= 0.6 is 0 Å². The standard InChI is InChI=1S/C51H28N6/c52-29-32-26-27-47-42(28-32)38-17-4-7-23-45(38)56(47)49-33(30-53)12-9-18-40(49)41-19-10-13-34(31-54)50(41)57-46-24-8-3-16-37(46)39-20-11-25-48(51(39)57)55-43-21-5-1-14-35(43)36-15-2-6-22-44(36)55/h1-28H. The maximum absolute atomic E-state index is 11.0. The average molecular weight is 725 g/mol. The third kappa shape index (κ3) is 4.49. The first kappa shape index (κ1) is 32.1. The highest BCUT2D eigenvalue weighted by Gasteiger charge is 2.26. The normalized spacial score (nSPS) is 11.5. The quantitative estimate of drug-likeness (QED) is 0.181. The highest BCUT2D eigenvalue weighted by Crippen LogP contribution is 2.45. The third-order valence-corrected chi connectivity index (χ3v) is 11.3. The summed E-state index contributed by atoms with van der Waals surface area (Å²) in [7, 11) is 0. The van der Waals surface area contributed by atoms with E-state index in [1.165, 1.54) is 0 Å². The van der Waals surface area contributed by atoms with Crippen molar-refractivity contribution < 1.29 is 0 Å². The first-order chi connectivity index (χ1) is 28.2. The lowest BCUT2D eigenvalue weighted by Gasteiger charge is -2.21. The number of nitriles is 3. The topological polar surface area (TPSA) is 86.2 Å². The van der Waals surface area contributed by atoms with Crippen molar-refractivity contribution in [3.8, 4) is 46.4 Å². The van der Waals surface area contributed by atoms with Crippen LogP contribution in [0.4, 0.5) is 0 Å². The Kier molecular flexibility index (Phi) is 6.95. The smallest absolute Gasteiger partial charge is 0.101 e. The molecule has 0 saturated carbocycles. The minimum Gasteiger partial charge on any atom is -0.307 e. The average Bonchev–Trinajstić information content (AvgIpc) is 3.91. The number of benzene rings is 8. The van der Waals surface area contributed by atoms with E-state index < -0.39 is 0 Å². The van der Waals surface area contributed by atoms with E-state index >= 15 is 0 Å². The molecule has 0 unspecified atom stereocenters. The van der Waals surface area contributed by atoms with Crippen molar-refractivity contribution in [1.82, 2.24) is 13.7 Å². The molecule has 8 aromatic carbocycles. The van der Waals surface area contributed by atoms with E-state index in [2.05, 4.69) is 135 Å². The number of fused-ring (bicyclic) bond motifs is 9. The molecule has 6 nitrogen and oxygen atoms in total. The van der Waals surface area contributed by atoms with E-state index in [4.69, 9.17) is 0 Å². The van der Waals surface area contributed by atoms with Gasteiger partial charge in [0.1, 0.15) is 12.1 Å². The van der Waals surface area contributed by atoms with Crippen molar-refractivity contribution in [1.29, 1.82) is 15.8 Å². The van der Waals surface area contributed by atoms with Gasteiger partial charge in [0, 0.05) is 43.4 Å². The number of hydrogen-bond donors (Lipinski definition) is 0. The van der Waals surface area contributed by atoms with Gasteiger partial charge in [0.15, 0.2) is 0 Å². The largest absolute Gasteiger partial charge is 0.307 e. The van der Waals surface area contributed by atoms with E-state index in [0.29, 0.717) is 22.4 Å². The summed E-state index contributed by atoms with van der Waals surface area (Å²) in [6.45, 7) is 0. The molecule has 0 aliphatic heterocycles. The number of aromatic nitrogens is 3. The van der Waals surface area contributed by atoms with Crippen LogP contribution in [-0.2, 0) is 0 Å². The van der Waals surface area contributed by atoms with Crippen LogP contribution in [0.5, 0.6) is 0 Å². The zero-order chi connectivity index (χ0) is 38.2. The summed E-state index contributed by atoms with van der Waals surface area (Å²) < 4.78 is 6.73. The molecule has 6 heteroatoms. The molecular formula is C51H28N6. The number of para-hydroxylation sites is 7. The van der Waals surface area contributed by atoms with E-state index in [1.54, 1.807) is 0 Å². The SMILES string of the molecule is N#Cc1ccc2c(c1)c1ccccc1n2-c1c(C#N)cccc1-c1cccc(C#N)c1-n1c2ccccc2c2cccc(-n3c4ccccc4c4ccccc43)c21. The second-order valence-electron chi connectivity index (χ2n) is 14.2. The minimum atomic E-state index is 0.487. The van der Waals surface area contributed by atoms with Gasteiger partial charge in [0.05, 0.1) is 72.9 Å². The number of hydrogen-bond acceptors (Lipinski definition) is 3. The molecule has 0 saturated heterocycles. The second-order valence-corrected chi connectivity index (χ2v) is 14.2. The lowest BCUT2D eigenvalue weighted by atomic mass is 9.95. The molecule has 57 heavy (non-hydrogen) atoms. The van der Waals surface area contributed by atoms with E-state index in [0.717, 1.165) is 87.9 Å². The van der Waals surface area contributed by atoms with Gasteiger partial charge < -0.3 is 13.7 Å². The molecule has 0 aliphatic carbocycles. The Balaban J connectivity index is 1.30. The maximum atomic E-state index is 11.0. The summed E-state index contributed by atoms with van der Waals surface area (Å²) in [5.41, 5.74) is 11.5. The fourth-order valence-electron chi connectivity index (χ4n) is 9.06. The monoisotopic (exact) mass is 724 g/mol. The molecule has 3 aromatic heterocycles. The van der Waals surface area contributed by atoms with Crippen molar-refractivity contribution in [2.45, 2.75) is 0 Å². The van der Waals surface area contributed by atoms with Gasteiger partial charge in [-0.05, 0) is 60.7 Å². The van der Waals surface area contributed by atoms with Crippen molar-refractivity contribution in [3.05, 3.63) is 187 Å². The van der Waals surface area contributed by atoms with Crippen LogP contribution in [0.1, 0.15) is 16.7 Å². The summed E-state index contributed by atoms with van der Waals surface area (Å²) in [5.74, 6) is 0. The minimum absolute atomic E-state index is 0.487. The molecule has 0 radical (unpaired) electrons. The lowest BCUT2D eigenvalue weighted by molar-refractivity contribution is 1.12. The lowest BCUT2D eigenvalue weighted by Crippen LogP contribution is -2.06. The van der Waals surface area contributed by atoms with Gasteiger partial charge in [-0.1, -0.05) is 109 Å². The van der Waals surface area contributed by atoms with Crippen LogP contribution in [0.25, 0.3) is 93.6 Å². The van der Waals surface area contributed by atoms with Crippen LogP contribution in [0.15, 0.2) is 170 Å². The van der Waals surface area contributed by atoms with E-state index in [9.17, 15) is 15.8 Å². The van der Waals surface area contributed by atoms with E-state index in [1.807, 2.05) is 66.7 Å². The number of rotatable bonds is 4. The van der Waals surface area contributed by atoms with Crippen LogP contribution in [-0.4, -0.2) is 13.7 Å². The molecule has 11 rings (SSSR count). The molecule has 11 aromatic rings. The second kappa shape index (κ2) is 12.3. The number of nitrogens with zero attached hydrogens (tertiary/aromatic N) is 6. The molecular weight excluding hydrogens is 697 g/mol. The summed E-state index contributed by atoms with van der Waals surface area (Å²) in [4.78, 5) is 0.